The van der Waals surface area contributed by atoms with Crippen LogP contribution in [0.15, 0.2) is 65.0 Å². The van der Waals surface area contributed by atoms with Crippen LogP contribution >= 0.6 is 0 Å². The summed E-state index contributed by atoms with van der Waals surface area (Å²) in [6.45, 7) is 4.66. The van der Waals surface area contributed by atoms with Crippen LogP contribution in [-0.4, -0.2) is 52.9 Å². The fourth-order valence-corrected chi connectivity index (χ4v) is 5.29. The second-order valence-corrected chi connectivity index (χ2v) is 9.21. The van der Waals surface area contributed by atoms with E-state index >= 15 is 0 Å². The van der Waals surface area contributed by atoms with Crippen molar-refractivity contribution in [1.29, 1.82) is 0 Å². The molecule has 4 rings (SSSR count). The van der Waals surface area contributed by atoms with Gasteiger partial charge in [0.25, 0.3) is 0 Å². The number of ketones is 1. The third-order valence-electron chi connectivity index (χ3n) is 7.04. The van der Waals surface area contributed by atoms with E-state index in [1.54, 1.807) is 27.4 Å². The molecule has 0 saturated carbocycles. The first kappa shape index (κ1) is 27.3. The first-order valence-electron chi connectivity index (χ1n) is 12.8. The van der Waals surface area contributed by atoms with Crippen LogP contribution in [0.1, 0.15) is 49.7 Å². The van der Waals surface area contributed by atoms with E-state index in [1.165, 1.54) is 0 Å². The molecule has 38 heavy (non-hydrogen) atoms. The Balaban J connectivity index is 1.77. The van der Waals surface area contributed by atoms with Crippen molar-refractivity contribution in [2.24, 2.45) is 0 Å². The van der Waals surface area contributed by atoms with Crippen molar-refractivity contribution in [3.63, 3.8) is 0 Å². The van der Waals surface area contributed by atoms with Gasteiger partial charge in [-0.25, -0.2) is 4.79 Å². The van der Waals surface area contributed by atoms with Gasteiger partial charge in [0.2, 0.25) is 0 Å². The molecule has 8 nitrogen and oxygen atoms in total. The fraction of sp³-hybridized carbons (Fsp3) is 0.400. The van der Waals surface area contributed by atoms with Crippen molar-refractivity contribution in [1.82, 2.24) is 5.32 Å². The zero-order valence-corrected chi connectivity index (χ0v) is 22.6. The molecular formula is C30H35NO7. The maximum atomic E-state index is 13.9. The Morgan fingerprint density at radius 3 is 2.39 bits per heavy atom. The Labute approximate surface area is 223 Å². The molecule has 0 aromatic heterocycles. The van der Waals surface area contributed by atoms with Gasteiger partial charge in [-0.1, -0.05) is 24.3 Å². The number of benzene rings is 2. The average Bonchev–Trinajstić information content (AvgIpc) is 2.93. The standard InChI is InChI=1S/C30H35NO7/c1-6-37-14-15-38-30(33)26-18(2)31-23-16-20(19-10-12-21(34-3)13-11-19)17-24(32)28(23)27(26)22-8-7-9-25(35-4)29(22)36-5/h7-13,20,27,31H,6,14-17H2,1-5H3/t20-,27-/m1/s1. The fourth-order valence-electron chi connectivity index (χ4n) is 5.29. The van der Waals surface area contributed by atoms with E-state index in [2.05, 4.69) is 5.32 Å². The molecule has 8 heteroatoms. The molecule has 1 aliphatic heterocycles. The third-order valence-corrected chi connectivity index (χ3v) is 7.04. The molecule has 2 aliphatic rings. The van der Waals surface area contributed by atoms with Crippen LogP contribution in [0.4, 0.5) is 0 Å². The SMILES string of the molecule is CCOCCOC(=O)C1=C(C)NC2=C(C(=O)C[C@H](c3ccc(OC)cc3)C2)[C@@H]1c1cccc(OC)c1OC. The van der Waals surface area contributed by atoms with Crippen LogP contribution < -0.4 is 19.5 Å². The zero-order chi connectivity index (χ0) is 27.2. The molecule has 2 aromatic carbocycles. The Morgan fingerprint density at radius 2 is 1.74 bits per heavy atom. The van der Waals surface area contributed by atoms with Crippen LogP contribution in [0, 0.1) is 0 Å². The number of rotatable bonds is 10. The maximum Gasteiger partial charge on any atom is 0.336 e. The number of allylic oxidation sites excluding steroid dienone is 3. The number of Topliss-reactive ketones (excluding diaryl/α,β-unsaturated/α-hetero) is 1. The number of ether oxygens (including phenoxy) is 5. The summed E-state index contributed by atoms with van der Waals surface area (Å²) in [6, 6.07) is 13.3. The Morgan fingerprint density at radius 1 is 0.974 bits per heavy atom. The monoisotopic (exact) mass is 521 g/mol. The molecule has 0 unspecified atom stereocenters. The van der Waals surface area contributed by atoms with E-state index in [0.717, 1.165) is 17.0 Å². The summed E-state index contributed by atoms with van der Waals surface area (Å²) in [7, 11) is 4.74. The van der Waals surface area contributed by atoms with Crippen LogP contribution in [0.2, 0.25) is 0 Å². The number of carbonyl (C=O) groups excluding carboxylic acids is 2. The van der Waals surface area contributed by atoms with Gasteiger partial charge in [0.1, 0.15) is 12.4 Å². The minimum Gasteiger partial charge on any atom is -0.497 e. The molecule has 0 bridgehead atoms. The molecule has 1 aliphatic carbocycles. The number of dihydropyridines is 1. The number of esters is 1. The molecule has 0 amide bonds. The number of methoxy groups -OCH3 is 3. The van der Waals surface area contributed by atoms with Gasteiger partial charge in [0, 0.05) is 35.6 Å². The van der Waals surface area contributed by atoms with E-state index in [4.69, 9.17) is 23.7 Å². The summed E-state index contributed by atoms with van der Waals surface area (Å²) < 4.78 is 27.5. The second-order valence-electron chi connectivity index (χ2n) is 9.21. The summed E-state index contributed by atoms with van der Waals surface area (Å²) in [4.78, 5) is 27.3. The van der Waals surface area contributed by atoms with Crippen LogP contribution in [0.3, 0.4) is 0 Å². The van der Waals surface area contributed by atoms with E-state index < -0.39 is 11.9 Å². The van der Waals surface area contributed by atoms with Crippen molar-refractivity contribution >= 4 is 11.8 Å². The largest absolute Gasteiger partial charge is 0.497 e. The van der Waals surface area contributed by atoms with Crippen molar-refractivity contribution in [2.75, 3.05) is 41.2 Å². The highest BCUT2D eigenvalue weighted by atomic mass is 16.6. The minimum absolute atomic E-state index is 0.00000489. The highest BCUT2D eigenvalue weighted by molar-refractivity contribution is 6.04. The summed E-state index contributed by atoms with van der Waals surface area (Å²) in [6.07, 6.45) is 0.946. The number of nitrogens with one attached hydrogen (secondary N) is 1. The molecule has 0 radical (unpaired) electrons. The quantitative estimate of drug-likeness (QED) is 0.357. The molecule has 2 atom stereocenters. The van der Waals surface area contributed by atoms with Crippen molar-refractivity contribution in [2.45, 2.75) is 38.5 Å². The number of hydrogen-bond acceptors (Lipinski definition) is 8. The summed E-state index contributed by atoms with van der Waals surface area (Å²) in [5.41, 5.74) is 4.12. The van der Waals surface area contributed by atoms with E-state index in [1.807, 2.05) is 50.2 Å². The second kappa shape index (κ2) is 12.2. The van der Waals surface area contributed by atoms with Gasteiger partial charge in [-0.3, -0.25) is 4.79 Å². The lowest BCUT2D eigenvalue weighted by Gasteiger charge is -2.37. The maximum absolute atomic E-state index is 13.9. The van der Waals surface area contributed by atoms with Gasteiger partial charge in [-0.2, -0.15) is 0 Å². The predicted molar refractivity (Wildman–Crippen MR) is 143 cm³/mol. The van der Waals surface area contributed by atoms with Gasteiger partial charge in [0.05, 0.1) is 39.4 Å². The topological polar surface area (TPSA) is 92.3 Å². The lowest BCUT2D eigenvalue weighted by molar-refractivity contribution is -0.140. The lowest BCUT2D eigenvalue weighted by Crippen LogP contribution is -2.36. The molecule has 1 heterocycles. The van der Waals surface area contributed by atoms with Gasteiger partial charge >= 0.3 is 5.97 Å². The first-order valence-corrected chi connectivity index (χ1v) is 12.8. The predicted octanol–water partition coefficient (Wildman–Crippen LogP) is 4.65. The lowest BCUT2D eigenvalue weighted by atomic mass is 9.71. The van der Waals surface area contributed by atoms with Gasteiger partial charge in [0.15, 0.2) is 17.3 Å². The molecule has 202 valence electrons. The third kappa shape index (κ3) is 5.41. The van der Waals surface area contributed by atoms with Gasteiger partial charge < -0.3 is 29.0 Å². The summed E-state index contributed by atoms with van der Waals surface area (Å²) >= 11 is 0. The molecule has 2 aromatic rings. The Kier molecular flexibility index (Phi) is 8.73. The first-order chi connectivity index (χ1) is 18.4. The molecule has 0 saturated heterocycles. The number of carbonyl (C=O) groups is 2. The summed E-state index contributed by atoms with van der Waals surface area (Å²) in [5.74, 6) is 0.573. The van der Waals surface area contributed by atoms with Crippen LogP contribution in [-0.2, 0) is 19.1 Å². The van der Waals surface area contributed by atoms with E-state index in [-0.39, 0.29) is 18.3 Å². The van der Waals surface area contributed by atoms with Crippen LogP contribution in [0.25, 0.3) is 0 Å². The summed E-state index contributed by atoms with van der Waals surface area (Å²) in [5, 5.41) is 3.38. The number of para-hydroxylation sites is 1. The highest BCUT2D eigenvalue weighted by Crippen LogP contribution is 2.49. The molecular weight excluding hydrogens is 486 g/mol. The Hall–Kier alpha value is -3.78. The Bertz CT molecular complexity index is 1250. The van der Waals surface area contributed by atoms with E-state index in [0.29, 0.717) is 60.0 Å². The molecule has 0 fully saturated rings. The minimum atomic E-state index is -0.666. The average molecular weight is 522 g/mol. The normalized spacial score (nSPS) is 19.0. The smallest absolute Gasteiger partial charge is 0.336 e. The zero-order valence-electron chi connectivity index (χ0n) is 22.6. The molecule has 1 N–H and O–H groups in total. The van der Waals surface area contributed by atoms with Crippen molar-refractivity contribution in [3.8, 4) is 17.2 Å². The van der Waals surface area contributed by atoms with Crippen molar-refractivity contribution < 1.29 is 33.3 Å². The molecule has 0 spiro atoms. The highest BCUT2D eigenvalue weighted by Gasteiger charge is 2.42. The van der Waals surface area contributed by atoms with Crippen molar-refractivity contribution in [3.05, 3.63) is 76.1 Å². The number of hydrogen-bond donors (Lipinski definition) is 1. The van der Waals surface area contributed by atoms with E-state index in [9.17, 15) is 9.59 Å². The van der Waals surface area contributed by atoms with Gasteiger partial charge in [-0.05, 0) is 49.9 Å². The van der Waals surface area contributed by atoms with Gasteiger partial charge in [-0.15, -0.1) is 0 Å². The van der Waals surface area contributed by atoms with Crippen LogP contribution in [0.5, 0.6) is 17.2 Å².